The molecule has 1 unspecified atom stereocenters. The van der Waals surface area contributed by atoms with Crippen LogP contribution in [0.25, 0.3) is 0 Å². The van der Waals surface area contributed by atoms with Gasteiger partial charge >= 0.3 is 0 Å². The van der Waals surface area contributed by atoms with Crippen molar-refractivity contribution in [1.82, 2.24) is 0 Å². The normalized spacial score (nSPS) is 12.3. The first-order valence-electron chi connectivity index (χ1n) is 5.93. The van der Waals surface area contributed by atoms with E-state index in [1.54, 1.807) is 7.11 Å². The molecule has 0 amide bonds. The van der Waals surface area contributed by atoms with E-state index < -0.39 is 6.67 Å². The minimum atomic E-state index is -0.530. The summed E-state index contributed by atoms with van der Waals surface area (Å²) < 4.78 is 23.5. The van der Waals surface area contributed by atoms with E-state index in [9.17, 15) is 4.39 Å². The monoisotopic (exact) mass is 319 g/mol. The molecule has 1 atom stereocenters. The van der Waals surface area contributed by atoms with Crippen LogP contribution in [0.15, 0.2) is 16.6 Å². The third kappa shape index (κ3) is 4.14. The van der Waals surface area contributed by atoms with E-state index in [0.29, 0.717) is 11.5 Å². The van der Waals surface area contributed by atoms with Crippen LogP contribution in [0.4, 0.5) is 4.39 Å². The van der Waals surface area contributed by atoms with Crippen molar-refractivity contribution in [3.05, 3.63) is 22.2 Å². The van der Waals surface area contributed by atoms with Gasteiger partial charge in [0.2, 0.25) is 0 Å². The van der Waals surface area contributed by atoms with Gasteiger partial charge in [-0.15, -0.1) is 0 Å². The van der Waals surface area contributed by atoms with Crippen LogP contribution < -0.4 is 15.2 Å². The quantitative estimate of drug-likeness (QED) is 0.840. The van der Waals surface area contributed by atoms with Gasteiger partial charge in [0.1, 0.15) is 13.3 Å². The molecule has 1 aromatic rings. The van der Waals surface area contributed by atoms with Crippen LogP contribution >= 0.6 is 15.9 Å². The van der Waals surface area contributed by atoms with Crippen molar-refractivity contribution >= 4 is 15.9 Å². The number of nitrogens with two attached hydrogens (primary N) is 1. The standard InChI is InChI=1S/C13H19BrFNO2/c1-3-10(16)6-9-7-11(14)13(18-5-4-15)12(8-9)17-2/h7-8,10H,3-6,16H2,1-2H3. The van der Waals surface area contributed by atoms with Gasteiger partial charge in [0.15, 0.2) is 11.5 Å². The molecule has 3 nitrogen and oxygen atoms in total. The summed E-state index contributed by atoms with van der Waals surface area (Å²) in [7, 11) is 1.56. The maximum absolute atomic E-state index is 12.1. The number of benzene rings is 1. The molecule has 0 aliphatic heterocycles. The number of rotatable bonds is 7. The molecule has 0 fully saturated rings. The summed E-state index contributed by atoms with van der Waals surface area (Å²) in [6.07, 6.45) is 1.69. The molecule has 0 heterocycles. The third-order valence-electron chi connectivity index (χ3n) is 2.64. The third-order valence-corrected chi connectivity index (χ3v) is 3.22. The highest BCUT2D eigenvalue weighted by molar-refractivity contribution is 9.10. The van der Waals surface area contributed by atoms with Crippen LogP contribution in [-0.4, -0.2) is 26.4 Å². The molecular formula is C13H19BrFNO2. The van der Waals surface area contributed by atoms with Crippen molar-refractivity contribution in [3.63, 3.8) is 0 Å². The van der Waals surface area contributed by atoms with Crippen molar-refractivity contribution in [2.24, 2.45) is 5.73 Å². The lowest BCUT2D eigenvalue weighted by Gasteiger charge is -2.15. The zero-order valence-corrected chi connectivity index (χ0v) is 12.3. The van der Waals surface area contributed by atoms with E-state index in [-0.39, 0.29) is 12.6 Å². The summed E-state index contributed by atoms with van der Waals surface area (Å²) in [5.74, 6) is 1.13. The topological polar surface area (TPSA) is 44.5 Å². The second-order valence-electron chi connectivity index (χ2n) is 4.02. The summed E-state index contributed by atoms with van der Waals surface area (Å²) in [6, 6.07) is 3.94. The van der Waals surface area contributed by atoms with Crippen molar-refractivity contribution in [2.75, 3.05) is 20.4 Å². The van der Waals surface area contributed by atoms with Gasteiger partial charge < -0.3 is 15.2 Å². The Morgan fingerprint density at radius 3 is 2.72 bits per heavy atom. The Labute approximate surface area is 116 Å². The molecule has 0 aliphatic carbocycles. The van der Waals surface area contributed by atoms with E-state index in [4.69, 9.17) is 15.2 Å². The molecule has 2 N–H and O–H groups in total. The minimum absolute atomic E-state index is 0.0166. The fourth-order valence-corrected chi connectivity index (χ4v) is 2.22. The van der Waals surface area contributed by atoms with E-state index in [1.807, 2.05) is 12.1 Å². The molecule has 0 bridgehead atoms. The first kappa shape index (κ1) is 15.2. The molecule has 0 aromatic heterocycles. The summed E-state index contributed by atoms with van der Waals surface area (Å²) in [5, 5.41) is 0. The smallest absolute Gasteiger partial charge is 0.175 e. The average Bonchev–Trinajstić information content (AvgIpc) is 2.36. The van der Waals surface area contributed by atoms with Crippen LogP contribution in [0.3, 0.4) is 0 Å². The average molecular weight is 320 g/mol. The highest BCUT2D eigenvalue weighted by atomic mass is 79.9. The molecule has 1 rings (SSSR count). The molecule has 0 saturated heterocycles. The van der Waals surface area contributed by atoms with Crippen LogP contribution in [0, 0.1) is 0 Å². The Bertz CT molecular complexity index is 387. The van der Waals surface area contributed by atoms with Gasteiger partial charge in [-0.3, -0.25) is 0 Å². The Kier molecular flexibility index (Phi) is 6.43. The van der Waals surface area contributed by atoms with E-state index in [0.717, 1.165) is 22.9 Å². The lowest BCUT2D eigenvalue weighted by molar-refractivity contribution is 0.258. The molecule has 102 valence electrons. The van der Waals surface area contributed by atoms with Crippen molar-refractivity contribution in [2.45, 2.75) is 25.8 Å². The van der Waals surface area contributed by atoms with Gasteiger partial charge in [0, 0.05) is 6.04 Å². The molecule has 0 aliphatic rings. The predicted octanol–water partition coefficient (Wildman–Crippen LogP) is 3.09. The second kappa shape index (κ2) is 7.59. The van der Waals surface area contributed by atoms with Crippen LogP contribution in [0.2, 0.25) is 0 Å². The lowest BCUT2D eigenvalue weighted by Crippen LogP contribution is -2.21. The molecule has 0 saturated carbocycles. The fraction of sp³-hybridized carbons (Fsp3) is 0.538. The van der Waals surface area contributed by atoms with E-state index in [2.05, 4.69) is 22.9 Å². The summed E-state index contributed by atoms with van der Waals surface area (Å²) in [5.41, 5.74) is 7.00. The number of hydrogen-bond acceptors (Lipinski definition) is 3. The maximum atomic E-state index is 12.1. The SMILES string of the molecule is CCC(N)Cc1cc(Br)c(OCCF)c(OC)c1. The van der Waals surface area contributed by atoms with E-state index >= 15 is 0 Å². The Morgan fingerprint density at radius 1 is 1.44 bits per heavy atom. The summed E-state index contributed by atoms with van der Waals surface area (Å²) in [6.45, 7) is 1.54. The number of ether oxygens (including phenoxy) is 2. The molecule has 5 heteroatoms. The van der Waals surface area contributed by atoms with Gasteiger partial charge in [0.05, 0.1) is 11.6 Å². The van der Waals surface area contributed by atoms with Crippen LogP contribution in [0.5, 0.6) is 11.5 Å². The molecule has 1 aromatic carbocycles. The maximum Gasteiger partial charge on any atom is 0.175 e. The number of hydrogen-bond donors (Lipinski definition) is 1. The van der Waals surface area contributed by atoms with Gasteiger partial charge in [-0.1, -0.05) is 6.92 Å². The Balaban J connectivity index is 2.95. The molecule has 0 spiro atoms. The number of halogens is 2. The van der Waals surface area contributed by atoms with Crippen molar-refractivity contribution in [3.8, 4) is 11.5 Å². The summed E-state index contributed by atoms with van der Waals surface area (Å²) >= 11 is 3.41. The van der Waals surface area contributed by atoms with Crippen molar-refractivity contribution in [1.29, 1.82) is 0 Å². The molecule has 0 radical (unpaired) electrons. The molecule has 18 heavy (non-hydrogen) atoms. The van der Waals surface area contributed by atoms with Crippen LogP contribution in [-0.2, 0) is 6.42 Å². The largest absolute Gasteiger partial charge is 0.493 e. The minimum Gasteiger partial charge on any atom is -0.493 e. The number of methoxy groups -OCH3 is 1. The van der Waals surface area contributed by atoms with E-state index in [1.165, 1.54) is 0 Å². The zero-order valence-electron chi connectivity index (χ0n) is 10.7. The Morgan fingerprint density at radius 2 is 2.17 bits per heavy atom. The highest BCUT2D eigenvalue weighted by Gasteiger charge is 2.13. The Hall–Kier alpha value is -0.810. The van der Waals surface area contributed by atoms with Gasteiger partial charge in [-0.2, -0.15) is 0 Å². The van der Waals surface area contributed by atoms with Crippen LogP contribution in [0.1, 0.15) is 18.9 Å². The summed E-state index contributed by atoms with van der Waals surface area (Å²) in [4.78, 5) is 0. The second-order valence-corrected chi connectivity index (χ2v) is 4.87. The fourth-order valence-electron chi connectivity index (χ4n) is 1.62. The van der Waals surface area contributed by atoms with Gasteiger partial charge in [0.25, 0.3) is 0 Å². The predicted molar refractivity (Wildman–Crippen MR) is 74.1 cm³/mol. The first-order valence-corrected chi connectivity index (χ1v) is 6.72. The highest BCUT2D eigenvalue weighted by Crippen LogP contribution is 2.36. The number of alkyl halides is 1. The molecular weight excluding hydrogens is 301 g/mol. The first-order chi connectivity index (χ1) is 8.62. The van der Waals surface area contributed by atoms with Gasteiger partial charge in [-0.05, 0) is 46.5 Å². The van der Waals surface area contributed by atoms with Crippen molar-refractivity contribution < 1.29 is 13.9 Å². The zero-order chi connectivity index (χ0) is 13.5. The lowest BCUT2D eigenvalue weighted by atomic mass is 10.0. The van der Waals surface area contributed by atoms with Gasteiger partial charge in [-0.25, -0.2) is 4.39 Å².